The van der Waals surface area contributed by atoms with Crippen molar-refractivity contribution in [1.82, 2.24) is 49.0 Å². The number of imidazole rings is 2. The van der Waals surface area contributed by atoms with Crippen molar-refractivity contribution in [2.45, 2.75) is 51.0 Å². The van der Waals surface area contributed by atoms with Gasteiger partial charge in [0.15, 0.2) is 17.4 Å². The minimum absolute atomic E-state index is 0.0514. The molecule has 0 aliphatic carbocycles. The number of hydrogen-bond donors (Lipinski definition) is 2. The molecule has 4 N–H and O–H groups in total. The maximum atomic E-state index is 14.0. The van der Waals surface area contributed by atoms with E-state index in [2.05, 4.69) is 30.0 Å². The lowest BCUT2D eigenvalue weighted by molar-refractivity contribution is -0.132. The molecule has 62 heavy (non-hydrogen) atoms. The predicted octanol–water partition coefficient (Wildman–Crippen LogP) is 6.06. The van der Waals surface area contributed by atoms with Crippen LogP contribution in [0.4, 0.5) is 11.6 Å². The molecule has 312 valence electrons. The van der Waals surface area contributed by atoms with Crippen molar-refractivity contribution in [3.8, 4) is 34.0 Å². The summed E-state index contributed by atoms with van der Waals surface area (Å²) in [6, 6.07) is 35.2. The molecule has 2 aliphatic rings. The van der Waals surface area contributed by atoms with Gasteiger partial charge in [0.1, 0.15) is 71.4 Å². The summed E-state index contributed by atoms with van der Waals surface area (Å²) in [7, 11) is 0. The summed E-state index contributed by atoms with van der Waals surface area (Å²) in [5.74, 6) is 3.99. The normalized spacial score (nSPS) is 15.9. The van der Waals surface area contributed by atoms with Crippen LogP contribution in [0.5, 0.6) is 11.5 Å². The van der Waals surface area contributed by atoms with E-state index < -0.39 is 0 Å². The van der Waals surface area contributed by atoms with Crippen molar-refractivity contribution in [1.29, 1.82) is 0 Å². The number of carbonyl (C=O) groups excluding carboxylic acids is 1. The topological polar surface area (TPSA) is 180 Å². The second kappa shape index (κ2) is 16.3. The number of aromatic nitrogens is 8. The Balaban J connectivity index is 0.797. The summed E-state index contributed by atoms with van der Waals surface area (Å²) < 4.78 is 15.8. The van der Waals surface area contributed by atoms with Crippen molar-refractivity contribution < 1.29 is 14.3 Å². The number of carbonyl (C=O) groups is 1. The third-order valence-corrected chi connectivity index (χ3v) is 12.2. The molecule has 4 aromatic heterocycles. The number of nitrogens with two attached hydrogens (primary N) is 2. The molecule has 2 aliphatic heterocycles. The van der Waals surface area contributed by atoms with Crippen molar-refractivity contribution in [2.75, 3.05) is 37.6 Å². The number of ether oxygens (including phenoxy) is 2. The first-order valence-electron chi connectivity index (χ1n) is 20.8. The van der Waals surface area contributed by atoms with Gasteiger partial charge in [-0.25, -0.2) is 29.0 Å². The Morgan fingerprint density at radius 1 is 0.613 bits per heavy atom. The van der Waals surface area contributed by atoms with Crippen LogP contribution in [0, 0.1) is 0 Å². The third kappa shape index (κ3) is 7.34. The van der Waals surface area contributed by atoms with Gasteiger partial charge in [-0.1, -0.05) is 84.9 Å². The summed E-state index contributed by atoms with van der Waals surface area (Å²) in [6.07, 6.45) is 2.91. The summed E-state index contributed by atoms with van der Waals surface area (Å²) in [6.45, 7) is 7.53. The van der Waals surface area contributed by atoms with Crippen LogP contribution in [-0.2, 0) is 18.0 Å². The van der Waals surface area contributed by atoms with Gasteiger partial charge in [0.25, 0.3) is 0 Å². The van der Waals surface area contributed by atoms with Crippen LogP contribution in [0.15, 0.2) is 122 Å². The van der Waals surface area contributed by atoms with Crippen LogP contribution in [0.1, 0.15) is 48.5 Å². The van der Waals surface area contributed by atoms with E-state index in [1.54, 1.807) is 9.03 Å². The van der Waals surface area contributed by atoms with Crippen LogP contribution < -0.4 is 20.9 Å². The molecular formula is C47H46N12O3. The van der Waals surface area contributed by atoms with Gasteiger partial charge in [-0.05, 0) is 49.2 Å². The Bertz CT molecular complexity index is 2690. The van der Waals surface area contributed by atoms with E-state index in [4.69, 9.17) is 30.9 Å². The minimum atomic E-state index is -0.285. The molecule has 0 amide bonds. The average molecular weight is 827 g/mol. The highest BCUT2D eigenvalue weighted by Gasteiger charge is 2.43. The van der Waals surface area contributed by atoms with Gasteiger partial charge in [-0.3, -0.25) is 14.6 Å². The van der Waals surface area contributed by atoms with Crippen molar-refractivity contribution >= 4 is 28.5 Å². The van der Waals surface area contributed by atoms with Crippen LogP contribution >= 0.6 is 0 Å². The standard InChI is InChI=1S/C47H46N12O3/c1-29(56-21-35(22-56)46-54-39(41-44(48)50-27-52-58(41)46)33-15-9-17-37(19-33)61-25-31-11-5-3-6-12-31)43(60)30(2)57-23-36(24-57)47-55-40(42-45(49)51-28-53-59(42)47)34-16-10-18-38(20-34)62-26-32-13-7-4-8-14-32/h3-20,27-30,35-36H,21-26H2,1-2H3,(H2,48,50,52)(H2,49,51,53). The third-order valence-electron chi connectivity index (χ3n) is 12.2. The molecule has 2 atom stereocenters. The van der Waals surface area contributed by atoms with Crippen molar-refractivity contribution in [3.05, 3.63) is 145 Å². The van der Waals surface area contributed by atoms with Crippen LogP contribution in [0.2, 0.25) is 0 Å². The van der Waals surface area contributed by atoms with E-state index in [0.717, 1.165) is 45.4 Å². The lowest BCUT2D eigenvalue weighted by Crippen LogP contribution is -2.59. The maximum Gasteiger partial charge on any atom is 0.166 e. The highest BCUT2D eigenvalue weighted by molar-refractivity contribution is 5.89. The van der Waals surface area contributed by atoms with Crippen molar-refractivity contribution in [2.24, 2.45) is 0 Å². The van der Waals surface area contributed by atoms with Gasteiger partial charge in [-0.2, -0.15) is 10.2 Å². The Morgan fingerprint density at radius 3 is 1.45 bits per heavy atom. The number of nitrogens with zero attached hydrogens (tertiary/aromatic N) is 10. The Morgan fingerprint density at radius 2 is 1.03 bits per heavy atom. The molecule has 2 saturated heterocycles. The molecule has 0 bridgehead atoms. The zero-order valence-corrected chi connectivity index (χ0v) is 34.5. The Hall–Kier alpha value is -7.23. The molecule has 10 rings (SSSR count). The van der Waals surface area contributed by atoms with Crippen molar-refractivity contribution in [3.63, 3.8) is 0 Å². The van der Waals surface area contributed by atoms with Crippen LogP contribution in [0.3, 0.4) is 0 Å². The van der Waals surface area contributed by atoms with Gasteiger partial charge in [0, 0.05) is 49.1 Å². The Kier molecular flexibility index (Phi) is 10.3. The van der Waals surface area contributed by atoms with Gasteiger partial charge in [-0.15, -0.1) is 0 Å². The summed E-state index contributed by atoms with van der Waals surface area (Å²) in [5.41, 5.74) is 19.5. The first-order valence-corrected chi connectivity index (χ1v) is 20.8. The second-order valence-electron chi connectivity index (χ2n) is 16.1. The molecule has 15 heteroatoms. The van der Waals surface area contributed by atoms with E-state index in [9.17, 15) is 4.79 Å². The predicted molar refractivity (Wildman–Crippen MR) is 235 cm³/mol. The summed E-state index contributed by atoms with van der Waals surface area (Å²) >= 11 is 0. The van der Waals surface area contributed by atoms with Gasteiger partial charge < -0.3 is 20.9 Å². The molecule has 2 fully saturated rings. The first kappa shape index (κ1) is 38.9. The number of fused-ring (bicyclic) bond motifs is 2. The smallest absolute Gasteiger partial charge is 0.166 e. The largest absolute Gasteiger partial charge is 0.489 e. The zero-order chi connectivity index (χ0) is 42.3. The number of benzene rings is 4. The molecular weight excluding hydrogens is 781 g/mol. The second-order valence-corrected chi connectivity index (χ2v) is 16.1. The van der Waals surface area contributed by atoms with Gasteiger partial charge in [0.05, 0.1) is 12.1 Å². The van der Waals surface area contributed by atoms with E-state index in [-0.39, 0.29) is 29.7 Å². The van der Waals surface area contributed by atoms with Gasteiger partial charge in [0.2, 0.25) is 0 Å². The quantitative estimate of drug-likeness (QED) is 0.129. The maximum absolute atomic E-state index is 14.0. The SMILES string of the molecule is CC(C(=O)C(C)N1CC(c2nc(-c3cccc(OCc4ccccc4)c3)c3c(N)ncnn23)C1)N1CC(c2nc(-c3cccc(OCc4ccccc4)c3)c3c(N)ncnn23)C1. The lowest BCUT2D eigenvalue weighted by atomic mass is 9.91. The van der Waals surface area contributed by atoms with E-state index in [0.29, 0.717) is 73.4 Å². The minimum Gasteiger partial charge on any atom is -0.489 e. The fourth-order valence-electron chi connectivity index (χ4n) is 8.53. The molecule has 0 radical (unpaired) electrons. The number of anilines is 2. The highest BCUT2D eigenvalue weighted by Crippen LogP contribution is 2.38. The number of nitrogen functional groups attached to an aromatic ring is 2. The molecule has 4 aromatic carbocycles. The highest BCUT2D eigenvalue weighted by atomic mass is 16.5. The fourth-order valence-corrected chi connectivity index (χ4v) is 8.53. The average Bonchev–Trinajstić information content (AvgIpc) is 3.85. The summed E-state index contributed by atoms with van der Waals surface area (Å²) in [4.78, 5) is 37.2. The number of hydrogen-bond acceptors (Lipinski definition) is 13. The van der Waals surface area contributed by atoms with Crippen LogP contribution in [0.25, 0.3) is 33.5 Å². The number of likely N-dealkylation sites (tertiary alicyclic amines) is 2. The first-order chi connectivity index (χ1) is 30.3. The number of Topliss-reactive ketones (excluding diaryl/α,β-unsaturated/α-hetero) is 1. The monoisotopic (exact) mass is 826 g/mol. The summed E-state index contributed by atoms with van der Waals surface area (Å²) in [5, 5.41) is 9.15. The molecule has 0 spiro atoms. The van der Waals surface area contributed by atoms with E-state index in [1.165, 1.54) is 12.7 Å². The molecule has 0 saturated carbocycles. The molecule has 2 unspecified atom stereocenters. The van der Waals surface area contributed by atoms with E-state index >= 15 is 0 Å². The fraction of sp³-hybridized carbons (Fsp3) is 0.255. The molecule has 6 heterocycles. The molecule has 8 aromatic rings. The number of ketones is 1. The Labute approximate surface area is 358 Å². The van der Waals surface area contributed by atoms with E-state index in [1.807, 2.05) is 123 Å². The number of rotatable bonds is 14. The molecule has 15 nitrogen and oxygen atoms in total. The lowest BCUT2D eigenvalue weighted by Gasteiger charge is -2.46. The zero-order valence-electron chi connectivity index (χ0n) is 34.5. The van der Waals surface area contributed by atoms with Gasteiger partial charge >= 0.3 is 0 Å². The van der Waals surface area contributed by atoms with Crippen LogP contribution in [-0.4, -0.2) is 93.0 Å².